The molecule has 0 bridgehead atoms. The predicted molar refractivity (Wildman–Crippen MR) is 83.4 cm³/mol. The zero-order valence-corrected chi connectivity index (χ0v) is 13.8. The molecule has 0 fully saturated rings. The number of carbonyl (C=O) groups is 2. The van der Waals surface area contributed by atoms with Gasteiger partial charge in [-0.15, -0.1) is 5.10 Å². The number of anilines is 1. The Bertz CT molecular complexity index is 731. The third-order valence-electron chi connectivity index (χ3n) is 2.56. The highest BCUT2D eigenvalue weighted by molar-refractivity contribution is 6.04. The van der Waals surface area contributed by atoms with E-state index in [0.717, 1.165) is 0 Å². The Kier molecular flexibility index (Phi) is 4.53. The molecule has 2 aromatic rings. The van der Waals surface area contributed by atoms with Crippen molar-refractivity contribution in [1.29, 1.82) is 0 Å². The SMILES string of the molecule is CC(C)OC(=O)c1c(NC(=O)OC(C)(C)C)nn2cccnc12. The molecule has 0 saturated carbocycles. The second-order valence-corrected chi connectivity index (χ2v) is 6.19. The lowest BCUT2D eigenvalue weighted by Gasteiger charge is -2.19. The molecule has 0 aromatic carbocycles. The third-order valence-corrected chi connectivity index (χ3v) is 2.56. The molecule has 124 valence electrons. The van der Waals surface area contributed by atoms with E-state index in [1.807, 2.05) is 0 Å². The molecule has 0 aliphatic rings. The van der Waals surface area contributed by atoms with Crippen molar-refractivity contribution in [1.82, 2.24) is 14.6 Å². The van der Waals surface area contributed by atoms with Gasteiger partial charge in [-0.05, 0) is 40.7 Å². The average molecular weight is 320 g/mol. The van der Waals surface area contributed by atoms with Gasteiger partial charge in [0.25, 0.3) is 0 Å². The monoisotopic (exact) mass is 320 g/mol. The normalized spacial score (nSPS) is 11.6. The number of hydrogen-bond donors (Lipinski definition) is 1. The standard InChI is InChI=1S/C15H20N4O4/c1-9(2)22-13(20)10-11(17-14(21)23-15(3,4)5)18-19-8-6-7-16-12(10)19/h6-9H,1-5H3,(H,17,18,21). The molecule has 8 heteroatoms. The highest BCUT2D eigenvalue weighted by atomic mass is 16.6. The van der Waals surface area contributed by atoms with Crippen molar-refractivity contribution in [2.45, 2.75) is 46.3 Å². The maximum absolute atomic E-state index is 12.3. The van der Waals surface area contributed by atoms with E-state index in [9.17, 15) is 9.59 Å². The van der Waals surface area contributed by atoms with Crippen LogP contribution in [0.25, 0.3) is 5.65 Å². The molecule has 0 atom stereocenters. The molecule has 0 aliphatic carbocycles. The number of fused-ring (bicyclic) bond motifs is 1. The van der Waals surface area contributed by atoms with E-state index >= 15 is 0 Å². The summed E-state index contributed by atoms with van der Waals surface area (Å²) in [6, 6.07) is 1.66. The van der Waals surface area contributed by atoms with Crippen molar-refractivity contribution >= 4 is 23.5 Å². The first-order valence-electron chi connectivity index (χ1n) is 7.21. The second kappa shape index (κ2) is 6.23. The summed E-state index contributed by atoms with van der Waals surface area (Å²) in [6.07, 6.45) is 2.13. The van der Waals surface area contributed by atoms with E-state index in [1.165, 1.54) is 10.7 Å². The van der Waals surface area contributed by atoms with Gasteiger partial charge in [0.2, 0.25) is 0 Å². The van der Waals surface area contributed by atoms with Crippen molar-refractivity contribution in [3.63, 3.8) is 0 Å². The van der Waals surface area contributed by atoms with Crippen molar-refractivity contribution < 1.29 is 19.1 Å². The number of esters is 1. The molecule has 0 saturated heterocycles. The first-order chi connectivity index (χ1) is 10.7. The Morgan fingerprint density at radius 2 is 2.00 bits per heavy atom. The first-order valence-corrected chi connectivity index (χ1v) is 7.21. The molecule has 0 spiro atoms. The number of rotatable bonds is 3. The Hall–Kier alpha value is -2.64. The smallest absolute Gasteiger partial charge is 0.413 e. The van der Waals surface area contributed by atoms with Crippen molar-refractivity contribution in [3.05, 3.63) is 24.0 Å². The van der Waals surface area contributed by atoms with Crippen LogP contribution in [0, 0.1) is 0 Å². The molecule has 1 N–H and O–H groups in total. The van der Waals surface area contributed by atoms with E-state index < -0.39 is 17.7 Å². The Morgan fingerprint density at radius 3 is 2.61 bits per heavy atom. The lowest BCUT2D eigenvalue weighted by molar-refractivity contribution is 0.0381. The largest absolute Gasteiger partial charge is 0.459 e. The van der Waals surface area contributed by atoms with Gasteiger partial charge in [0.05, 0.1) is 6.10 Å². The number of aromatic nitrogens is 3. The van der Waals surface area contributed by atoms with Gasteiger partial charge >= 0.3 is 12.1 Å². The minimum absolute atomic E-state index is 0.0450. The van der Waals surface area contributed by atoms with Crippen LogP contribution < -0.4 is 5.32 Å². The molecule has 0 radical (unpaired) electrons. The molecule has 2 rings (SSSR count). The molecule has 1 amide bonds. The second-order valence-electron chi connectivity index (χ2n) is 6.19. The molecule has 2 heterocycles. The van der Waals surface area contributed by atoms with Crippen LogP contribution in [-0.2, 0) is 9.47 Å². The van der Waals surface area contributed by atoms with Crippen molar-refractivity contribution in [3.8, 4) is 0 Å². The summed E-state index contributed by atoms with van der Waals surface area (Å²) in [4.78, 5) is 28.4. The van der Waals surface area contributed by atoms with Crippen LogP contribution in [0.5, 0.6) is 0 Å². The van der Waals surface area contributed by atoms with Gasteiger partial charge in [-0.25, -0.2) is 19.1 Å². The fourth-order valence-corrected chi connectivity index (χ4v) is 1.84. The average Bonchev–Trinajstić information content (AvgIpc) is 2.72. The molecule has 8 nitrogen and oxygen atoms in total. The van der Waals surface area contributed by atoms with Crippen LogP contribution in [0.15, 0.2) is 18.5 Å². The summed E-state index contributed by atoms with van der Waals surface area (Å²) in [7, 11) is 0. The zero-order chi connectivity index (χ0) is 17.2. The predicted octanol–water partition coefficient (Wildman–Crippen LogP) is 2.64. The van der Waals surface area contributed by atoms with Crippen LogP contribution in [0.2, 0.25) is 0 Å². The minimum atomic E-state index is -0.709. The Morgan fingerprint density at radius 1 is 1.30 bits per heavy atom. The number of nitrogens with one attached hydrogen (secondary N) is 1. The lowest BCUT2D eigenvalue weighted by Crippen LogP contribution is -2.28. The van der Waals surface area contributed by atoms with Crippen LogP contribution >= 0.6 is 0 Å². The van der Waals surface area contributed by atoms with Gasteiger partial charge in [0.1, 0.15) is 11.2 Å². The highest BCUT2D eigenvalue weighted by Gasteiger charge is 2.26. The number of carbonyl (C=O) groups excluding carboxylic acids is 2. The fourth-order valence-electron chi connectivity index (χ4n) is 1.84. The van der Waals surface area contributed by atoms with Gasteiger partial charge < -0.3 is 9.47 Å². The Labute approximate surface area is 133 Å². The summed E-state index contributed by atoms with van der Waals surface area (Å²) in [5, 5.41) is 6.63. The lowest BCUT2D eigenvalue weighted by atomic mass is 10.2. The van der Waals surface area contributed by atoms with Gasteiger partial charge in [-0.3, -0.25) is 5.32 Å². The summed E-state index contributed by atoms with van der Waals surface area (Å²) in [6.45, 7) is 8.69. The van der Waals surface area contributed by atoms with Crippen LogP contribution in [0.3, 0.4) is 0 Å². The quantitative estimate of drug-likeness (QED) is 0.874. The number of nitrogens with zero attached hydrogens (tertiary/aromatic N) is 3. The first kappa shape index (κ1) is 16.7. The van der Waals surface area contributed by atoms with E-state index in [2.05, 4.69) is 15.4 Å². The Balaban J connectivity index is 2.38. The van der Waals surface area contributed by atoms with Crippen LogP contribution in [0.4, 0.5) is 10.6 Å². The minimum Gasteiger partial charge on any atom is -0.459 e. The van der Waals surface area contributed by atoms with E-state index in [4.69, 9.17) is 9.47 Å². The fraction of sp³-hybridized carbons (Fsp3) is 0.467. The van der Waals surface area contributed by atoms with Gasteiger partial charge in [0.15, 0.2) is 11.5 Å². The molecule has 0 unspecified atom stereocenters. The molecular weight excluding hydrogens is 300 g/mol. The molecular formula is C15H20N4O4. The van der Waals surface area contributed by atoms with Crippen LogP contribution in [0.1, 0.15) is 45.0 Å². The molecule has 2 aromatic heterocycles. The van der Waals surface area contributed by atoms with E-state index in [-0.39, 0.29) is 17.5 Å². The van der Waals surface area contributed by atoms with Gasteiger partial charge in [-0.2, -0.15) is 0 Å². The topological polar surface area (TPSA) is 94.8 Å². The highest BCUT2D eigenvalue weighted by Crippen LogP contribution is 2.21. The summed E-state index contributed by atoms with van der Waals surface area (Å²) in [5.41, 5.74) is -0.283. The van der Waals surface area contributed by atoms with Crippen molar-refractivity contribution in [2.75, 3.05) is 5.32 Å². The van der Waals surface area contributed by atoms with Crippen molar-refractivity contribution in [2.24, 2.45) is 0 Å². The molecule has 0 aliphatic heterocycles. The van der Waals surface area contributed by atoms with Gasteiger partial charge in [0, 0.05) is 12.4 Å². The maximum Gasteiger partial charge on any atom is 0.413 e. The number of ether oxygens (including phenoxy) is 2. The van der Waals surface area contributed by atoms with Crippen LogP contribution in [-0.4, -0.2) is 38.4 Å². The van der Waals surface area contributed by atoms with E-state index in [1.54, 1.807) is 46.9 Å². The summed E-state index contributed by atoms with van der Waals surface area (Å²) < 4.78 is 11.8. The number of hydrogen-bond acceptors (Lipinski definition) is 6. The molecule has 23 heavy (non-hydrogen) atoms. The number of amides is 1. The third kappa shape index (κ3) is 4.18. The van der Waals surface area contributed by atoms with Gasteiger partial charge in [-0.1, -0.05) is 0 Å². The summed E-state index contributed by atoms with van der Waals surface area (Å²) in [5.74, 6) is -0.566. The maximum atomic E-state index is 12.3. The summed E-state index contributed by atoms with van der Waals surface area (Å²) >= 11 is 0. The zero-order valence-electron chi connectivity index (χ0n) is 13.8. The van der Waals surface area contributed by atoms with E-state index in [0.29, 0.717) is 5.65 Å².